The number of fused-ring (bicyclic) bond motifs is 1. The summed E-state index contributed by atoms with van der Waals surface area (Å²) in [6.07, 6.45) is 5.13. The zero-order valence-corrected chi connectivity index (χ0v) is 16.7. The van der Waals surface area contributed by atoms with Crippen LogP contribution in [0.2, 0.25) is 0 Å². The van der Waals surface area contributed by atoms with Crippen molar-refractivity contribution >= 4 is 11.7 Å². The van der Waals surface area contributed by atoms with Gasteiger partial charge in [0, 0.05) is 36.8 Å². The van der Waals surface area contributed by atoms with Gasteiger partial charge in [0.25, 0.3) is 0 Å². The molecule has 0 aliphatic carbocycles. The Bertz CT molecular complexity index is 1040. The summed E-state index contributed by atoms with van der Waals surface area (Å²) in [5.41, 5.74) is 3.45. The number of benzene rings is 1. The van der Waals surface area contributed by atoms with Crippen molar-refractivity contribution in [2.75, 3.05) is 33.3 Å². The number of carbonyl (C=O) groups is 1. The molecule has 0 spiro atoms. The second-order valence-corrected chi connectivity index (χ2v) is 6.66. The molecular formula is C22H21N3O4. The molecule has 1 unspecified atom stereocenters. The van der Waals surface area contributed by atoms with Crippen LogP contribution in [-0.4, -0.2) is 44.3 Å². The number of amides is 1. The normalized spacial score (nSPS) is 15.2. The van der Waals surface area contributed by atoms with E-state index < -0.39 is 5.92 Å². The van der Waals surface area contributed by atoms with Crippen molar-refractivity contribution in [3.63, 3.8) is 0 Å². The molecule has 1 atom stereocenters. The summed E-state index contributed by atoms with van der Waals surface area (Å²) in [6.45, 7) is 0. The standard InChI is InChI=1S/C22H21N3O4/c1-25-21-16(19(22(25)26)13-5-7-23-8-6-13)9-15(12-24-21)14-10-17(27-2)20(29-4)18(11-14)28-3/h5-12,19H,1-4H3. The molecule has 1 aliphatic rings. The predicted octanol–water partition coefficient (Wildman–Crippen LogP) is 3.28. The summed E-state index contributed by atoms with van der Waals surface area (Å²) >= 11 is 0. The lowest BCUT2D eigenvalue weighted by molar-refractivity contribution is -0.118. The number of methoxy groups -OCH3 is 3. The maximum absolute atomic E-state index is 12.9. The minimum absolute atomic E-state index is 0.0132. The lowest BCUT2D eigenvalue weighted by atomic mass is 9.92. The molecular weight excluding hydrogens is 370 g/mol. The van der Waals surface area contributed by atoms with E-state index in [1.54, 1.807) is 51.9 Å². The van der Waals surface area contributed by atoms with Gasteiger partial charge in [-0.1, -0.05) is 0 Å². The molecule has 3 heterocycles. The van der Waals surface area contributed by atoms with E-state index >= 15 is 0 Å². The first kappa shape index (κ1) is 18.7. The number of likely N-dealkylation sites (N-methyl/N-ethyl adjacent to an activating group) is 1. The number of hydrogen-bond acceptors (Lipinski definition) is 6. The van der Waals surface area contributed by atoms with Crippen molar-refractivity contribution in [2.45, 2.75) is 5.92 Å². The highest BCUT2D eigenvalue weighted by atomic mass is 16.5. The third-order valence-corrected chi connectivity index (χ3v) is 5.14. The number of rotatable bonds is 5. The van der Waals surface area contributed by atoms with Gasteiger partial charge in [0.05, 0.1) is 27.2 Å². The molecule has 1 amide bonds. The van der Waals surface area contributed by atoms with Gasteiger partial charge >= 0.3 is 0 Å². The van der Waals surface area contributed by atoms with Crippen LogP contribution in [0.1, 0.15) is 17.0 Å². The number of carbonyl (C=O) groups excluding carboxylic acids is 1. The summed E-state index contributed by atoms with van der Waals surface area (Å²) in [4.78, 5) is 23.1. The van der Waals surface area contributed by atoms with E-state index in [1.165, 1.54) is 0 Å². The number of anilines is 1. The Morgan fingerprint density at radius 2 is 1.59 bits per heavy atom. The molecule has 0 radical (unpaired) electrons. The molecule has 0 saturated carbocycles. The molecule has 0 fully saturated rings. The largest absolute Gasteiger partial charge is 0.493 e. The highest BCUT2D eigenvalue weighted by Gasteiger charge is 2.37. The Hall–Kier alpha value is -3.61. The van der Waals surface area contributed by atoms with Crippen LogP contribution in [0.5, 0.6) is 17.2 Å². The zero-order chi connectivity index (χ0) is 20.5. The Balaban J connectivity index is 1.85. The van der Waals surface area contributed by atoms with Gasteiger partial charge in [-0.25, -0.2) is 4.98 Å². The van der Waals surface area contributed by atoms with Crippen LogP contribution in [0.3, 0.4) is 0 Å². The summed E-state index contributed by atoms with van der Waals surface area (Å²) in [5, 5.41) is 0. The first-order valence-electron chi connectivity index (χ1n) is 9.06. The monoisotopic (exact) mass is 391 g/mol. The average molecular weight is 391 g/mol. The first-order chi connectivity index (χ1) is 14.1. The lowest BCUT2D eigenvalue weighted by Gasteiger charge is -2.15. The van der Waals surface area contributed by atoms with Gasteiger partial charge in [-0.2, -0.15) is 0 Å². The van der Waals surface area contributed by atoms with Crippen LogP contribution in [0, 0.1) is 0 Å². The highest BCUT2D eigenvalue weighted by Crippen LogP contribution is 2.44. The molecule has 1 aliphatic heterocycles. The number of aromatic nitrogens is 2. The smallest absolute Gasteiger partial charge is 0.240 e. The van der Waals surface area contributed by atoms with Gasteiger partial charge in [0.2, 0.25) is 11.7 Å². The lowest BCUT2D eigenvalue weighted by Crippen LogP contribution is -2.24. The van der Waals surface area contributed by atoms with Gasteiger partial charge in [-0.05, 0) is 41.5 Å². The molecule has 0 N–H and O–H groups in total. The molecule has 0 saturated heterocycles. The molecule has 148 valence electrons. The van der Waals surface area contributed by atoms with E-state index in [0.717, 1.165) is 22.3 Å². The van der Waals surface area contributed by atoms with E-state index in [0.29, 0.717) is 23.1 Å². The predicted molar refractivity (Wildman–Crippen MR) is 109 cm³/mol. The van der Waals surface area contributed by atoms with Crippen LogP contribution in [0.25, 0.3) is 11.1 Å². The minimum Gasteiger partial charge on any atom is -0.493 e. The molecule has 7 heteroatoms. The van der Waals surface area contributed by atoms with E-state index in [9.17, 15) is 4.79 Å². The Morgan fingerprint density at radius 3 is 2.17 bits per heavy atom. The Kier molecular flexibility index (Phi) is 4.80. The van der Waals surface area contributed by atoms with Crippen molar-refractivity contribution in [1.29, 1.82) is 0 Å². The fraction of sp³-hybridized carbons (Fsp3) is 0.227. The number of ether oxygens (including phenoxy) is 3. The second-order valence-electron chi connectivity index (χ2n) is 6.66. The van der Waals surface area contributed by atoms with Crippen LogP contribution in [0.4, 0.5) is 5.82 Å². The van der Waals surface area contributed by atoms with Gasteiger partial charge in [0.1, 0.15) is 5.82 Å². The Morgan fingerprint density at radius 1 is 0.931 bits per heavy atom. The van der Waals surface area contributed by atoms with E-state index in [2.05, 4.69) is 9.97 Å². The third kappa shape index (κ3) is 3.04. The zero-order valence-electron chi connectivity index (χ0n) is 16.7. The first-order valence-corrected chi connectivity index (χ1v) is 9.06. The minimum atomic E-state index is -0.410. The maximum atomic E-state index is 12.9. The van der Waals surface area contributed by atoms with Gasteiger partial charge < -0.3 is 14.2 Å². The Labute approximate surface area is 168 Å². The van der Waals surface area contributed by atoms with Crippen molar-refractivity contribution in [2.24, 2.45) is 0 Å². The molecule has 4 rings (SSSR count). The van der Waals surface area contributed by atoms with Crippen LogP contribution in [-0.2, 0) is 4.79 Å². The van der Waals surface area contributed by atoms with E-state index in [1.807, 2.05) is 30.3 Å². The fourth-order valence-corrected chi connectivity index (χ4v) is 3.68. The summed E-state index contributed by atoms with van der Waals surface area (Å²) in [7, 11) is 6.47. The van der Waals surface area contributed by atoms with Crippen molar-refractivity contribution < 1.29 is 19.0 Å². The van der Waals surface area contributed by atoms with Crippen LogP contribution in [0.15, 0.2) is 48.9 Å². The molecule has 0 bridgehead atoms. The highest BCUT2D eigenvalue weighted by molar-refractivity contribution is 6.06. The van der Waals surface area contributed by atoms with E-state index in [4.69, 9.17) is 14.2 Å². The summed E-state index contributed by atoms with van der Waals surface area (Å²) in [6, 6.07) is 9.45. The van der Waals surface area contributed by atoms with Gasteiger partial charge in [0.15, 0.2) is 11.5 Å². The van der Waals surface area contributed by atoms with E-state index in [-0.39, 0.29) is 5.91 Å². The molecule has 7 nitrogen and oxygen atoms in total. The van der Waals surface area contributed by atoms with Crippen molar-refractivity contribution in [1.82, 2.24) is 9.97 Å². The van der Waals surface area contributed by atoms with Gasteiger partial charge in [-0.3, -0.25) is 14.7 Å². The fourth-order valence-electron chi connectivity index (χ4n) is 3.68. The average Bonchev–Trinajstić information content (AvgIpc) is 3.02. The number of nitrogens with zero attached hydrogens (tertiary/aromatic N) is 3. The number of hydrogen-bond donors (Lipinski definition) is 0. The number of pyridine rings is 2. The summed E-state index contributed by atoms with van der Waals surface area (Å²) < 4.78 is 16.3. The molecule has 1 aromatic carbocycles. The second kappa shape index (κ2) is 7.43. The van der Waals surface area contributed by atoms with Crippen molar-refractivity contribution in [3.8, 4) is 28.4 Å². The van der Waals surface area contributed by atoms with Crippen LogP contribution >= 0.6 is 0 Å². The quantitative estimate of drug-likeness (QED) is 0.665. The maximum Gasteiger partial charge on any atom is 0.240 e. The van der Waals surface area contributed by atoms with Crippen LogP contribution < -0.4 is 19.1 Å². The van der Waals surface area contributed by atoms with Crippen molar-refractivity contribution in [3.05, 3.63) is 60.0 Å². The summed E-state index contributed by atoms with van der Waals surface area (Å²) in [5.74, 6) is 1.88. The molecule has 3 aromatic rings. The molecule has 2 aromatic heterocycles. The van der Waals surface area contributed by atoms with Gasteiger partial charge in [-0.15, -0.1) is 0 Å². The SMILES string of the molecule is COc1cc(-c2cnc3c(c2)C(c2ccncc2)C(=O)N3C)cc(OC)c1OC. The molecule has 29 heavy (non-hydrogen) atoms. The topological polar surface area (TPSA) is 73.8 Å². The third-order valence-electron chi connectivity index (χ3n) is 5.14.